The lowest BCUT2D eigenvalue weighted by Crippen LogP contribution is -2.21. The molecule has 0 spiro atoms. The third kappa shape index (κ3) is 4.78. The molecule has 4 N–H and O–H groups in total. The molecule has 3 aromatic rings. The highest BCUT2D eigenvalue weighted by atomic mass is 35.5. The second-order valence-corrected chi connectivity index (χ2v) is 8.11. The predicted octanol–water partition coefficient (Wildman–Crippen LogP) is 3.80. The maximum Gasteiger partial charge on any atom is 0.151 e. The minimum atomic E-state index is -0.320. The van der Waals surface area contributed by atoms with Crippen molar-refractivity contribution in [1.29, 1.82) is 0 Å². The topological polar surface area (TPSA) is 91.1 Å². The Morgan fingerprint density at radius 3 is 2.75 bits per heavy atom. The van der Waals surface area contributed by atoms with Gasteiger partial charge in [-0.1, -0.05) is 25.4 Å². The lowest BCUT2D eigenvalue weighted by Gasteiger charge is -2.15. The molecule has 0 amide bonds. The Morgan fingerprint density at radius 2 is 2.00 bits per heavy atom. The predicted molar refractivity (Wildman–Crippen MR) is 117 cm³/mol. The van der Waals surface area contributed by atoms with Crippen molar-refractivity contribution in [3.63, 3.8) is 0 Å². The largest absolute Gasteiger partial charge is 0.391 e. The number of nitrogen functional groups attached to an aromatic ring is 1. The zero-order valence-corrected chi connectivity index (χ0v) is 17.7. The number of fused-ring (bicyclic) bond motifs is 1. The first kappa shape index (κ1) is 20.9. The van der Waals surface area contributed by atoms with Gasteiger partial charge in [-0.25, -0.2) is 9.97 Å². The molecule has 0 saturated carbocycles. The Balaban J connectivity index is 0.00000109. The highest BCUT2D eigenvalue weighted by Crippen LogP contribution is 2.29. The van der Waals surface area contributed by atoms with Gasteiger partial charge in [0.25, 0.3) is 0 Å². The molecular weight excluding hydrogens is 394 g/mol. The molecule has 8 heteroatoms. The van der Waals surface area contributed by atoms with Crippen molar-refractivity contribution < 1.29 is 5.11 Å². The molecule has 1 saturated heterocycles. The molecule has 6 nitrogen and oxygen atoms in total. The molecule has 4 rings (SSSR count). The number of hydrogen-bond acceptors (Lipinski definition) is 6. The van der Waals surface area contributed by atoms with Crippen LogP contribution in [-0.2, 0) is 6.54 Å². The summed E-state index contributed by atoms with van der Waals surface area (Å²) in [5, 5.41) is 11.2. The van der Waals surface area contributed by atoms with Crippen molar-refractivity contribution in [1.82, 2.24) is 19.9 Å². The van der Waals surface area contributed by atoms with Gasteiger partial charge >= 0.3 is 0 Å². The summed E-state index contributed by atoms with van der Waals surface area (Å²) < 4.78 is 0. The quantitative estimate of drug-likeness (QED) is 0.545. The molecule has 1 aromatic carbocycles. The van der Waals surface area contributed by atoms with E-state index in [-0.39, 0.29) is 12.0 Å². The zero-order chi connectivity index (χ0) is 20.1. The summed E-state index contributed by atoms with van der Waals surface area (Å²) in [5.41, 5.74) is 8.58. The average molecular weight is 420 g/mol. The molecule has 1 aliphatic heterocycles. The van der Waals surface area contributed by atoms with Gasteiger partial charge < -0.3 is 15.8 Å². The number of nitrogens with two attached hydrogens (primary N) is 1. The number of aromatic nitrogens is 3. The Hall–Kier alpha value is -1.80. The summed E-state index contributed by atoms with van der Waals surface area (Å²) in [5.74, 6) is 1.57. The highest BCUT2D eigenvalue weighted by Gasteiger charge is 2.31. The van der Waals surface area contributed by atoms with Crippen LogP contribution in [0.5, 0.6) is 0 Å². The van der Waals surface area contributed by atoms with Gasteiger partial charge in [-0.2, -0.15) is 0 Å². The number of aromatic amines is 1. The number of aliphatic hydroxyl groups excluding tert-OH is 1. The van der Waals surface area contributed by atoms with Crippen molar-refractivity contribution in [3.8, 4) is 0 Å². The monoisotopic (exact) mass is 419 g/mol. The number of aliphatic hydroxyl groups is 1. The van der Waals surface area contributed by atoms with E-state index in [1.54, 1.807) is 11.8 Å². The Kier molecular flexibility index (Phi) is 7.18. The van der Waals surface area contributed by atoms with Gasteiger partial charge in [-0.05, 0) is 24.3 Å². The van der Waals surface area contributed by atoms with E-state index in [1.165, 1.54) is 11.2 Å². The number of halogens is 1. The van der Waals surface area contributed by atoms with Crippen LogP contribution in [-0.4, -0.2) is 49.9 Å². The summed E-state index contributed by atoms with van der Waals surface area (Å²) in [6.07, 6.45) is 3.09. The van der Waals surface area contributed by atoms with Gasteiger partial charge in [-0.15, -0.1) is 11.8 Å². The number of nitrogens with zero attached hydrogens (tertiary/aromatic N) is 3. The minimum absolute atomic E-state index is 0.237. The van der Waals surface area contributed by atoms with Gasteiger partial charge in [0.15, 0.2) is 5.82 Å². The number of β-amino-alcohol motifs (C(OH)–C–C–N with tert-alkyl or cyclic N) is 1. The fourth-order valence-corrected chi connectivity index (χ4v) is 4.53. The molecule has 2 unspecified atom stereocenters. The SMILES string of the molecule is CC.Nc1ncnc2c(CN3CC(O)C(CSc4ccc(Cl)cc4)C3)c[nH]c12. The van der Waals surface area contributed by atoms with Gasteiger partial charge in [0, 0.05) is 53.0 Å². The molecule has 1 aliphatic rings. The molecule has 28 heavy (non-hydrogen) atoms. The number of hydrogen-bond donors (Lipinski definition) is 3. The maximum absolute atomic E-state index is 10.4. The second kappa shape index (κ2) is 9.60. The van der Waals surface area contributed by atoms with Crippen LogP contribution in [0.25, 0.3) is 11.0 Å². The van der Waals surface area contributed by atoms with Crippen molar-refractivity contribution in [3.05, 3.63) is 47.4 Å². The summed E-state index contributed by atoms with van der Waals surface area (Å²) in [4.78, 5) is 14.9. The first-order valence-electron chi connectivity index (χ1n) is 9.45. The standard InChI is InChI=1S/C18H20ClN5OS.C2H6/c19-13-1-3-14(4-2-13)26-9-12-7-24(8-15(12)25)6-11-5-21-17-16(11)22-10-23-18(17)20;1-2/h1-5,10,12,15,21,25H,6-9H2,(H2,20,22,23);1-2H3. The van der Waals surface area contributed by atoms with Crippen LogP contribution in [0.1, 0.15) is 19.4 Å². The van der Waals surface area contributed by atoms with Crippen molar-refractivity contribution in [2.45, 2.75) is 31.4 Å². The van der Waals surface area contributed by atoms with E-state index in [2.05, 4.69) is 19.9 Å². The number of likely N-dealkylation sites (tertiary alicyclic amines) is 1. The van der Waals surface area contributed by atoms with Crippen LogP contribution in [0.2, 0.25) is 5.02 Å². The Labute approximate surface area is 174 Å². The molecule has 1 fully saturated rings. The number of thioether (sulfide) groups is 1. The van der Waals surface area contributed by atoms with E-state index >= 15 is 0 Å². The maximum atomic E-state index is 10.4. The number of H-pyrrole nitrogens is 1. The van der Waals surface area contributed by atoms with E-state index < -0.39 is 0 Å². The minimum Gasteiger partial charge on any atom is -0.391 e. The lowest BCUT2D eigenvalue weighted by molar-refractivity contribution is 0.149. The molecule has 2 aromatic heterocycles. The molecular formula is C20H26ClN5OS. The second-order valence-electron chi connectivity index (χ2n) is 6.58. The van der Waals surface area contributed by atoms with Gasteiger partial charge in [-0.3, -0.25) is 4.90 Å². The van der Waals surface area contributed by atoms with Crippen LogP contribution >= 0.6 is 23.4 Å². The fourth-order valence-electron chi connectivity index (χ4n) is 3.34. The van der Waals surface area contributed by atoms with E-state index in [4.69, 9.17) is 17.3 Å². The fraction of sp³-hybridized carbons (Fsp3) is 0.400. The van der Waals surface area contributed by atoms with Crippen LogP contribution in [0.3, 0.4) is 0 Å². The summed E-state index contributed by atoms with van der Waals surface area (Å²) in [7, 11) is 0. The molecule has 0 aliphatic carbocycles. The summed E-state index contributed by atoms with van der Waals surface area (Å²) in [6, 6.07) is 7.82. The third-order valence-corrected chi connectivity index (χ3v) is 6.18. The van der Waals surface area contributed by atoms with Crippen LogP contribution in [0, 0.1) is 5.92 Å². The lowest BCUT2D eigenvalue weighted by atomic mass is 10.1. The Bertz CT molecular complexity index is 901. The van der Waals surface area contributed by atoms with E-state index in [0.29, 0.717) is 12.4 Å². The number of benzene rings is 1. The van der Waals surface area contributed by atoms with Gasteiger partial charge in [0.05, 0.1) is 11.6 Å². The molecule has 3 heterocycles. The van der Waals surface area contributed by atoms with Crippen molar-refractivity contribution in [2.75, 3.05) is 24.6 Å². The van der Waals surface area contributed by atoms with Crippen molar-refractivity contribution in [2.24, 2.45) is 5.92 Å². The van der Waals surface area contributed by atoms with E-state index in [0.717, 1.165) is 40.5 Å². The van der Waals surface area contributed by atoms with E-state index in [9.17, 15) is 5.11 Å². The van der Waals surface area contributed by atoms with Gasteiger partial charge in [0.1, 0.15) is 11.8 Å². The normalized spacial score (nSPS) is 19.6. The first-order chi connectivity index (χ1) is 13.6. The zero-order valence-electron chi connectivity index (χ0n) is 16.1. The van der Waals surface area contributed by atoms with Crippen LogP contribution in [0.4, 0.5) is 5.82 Å². The van der Waals surface area contributed by atoms with Crippen LogP contribution < -0.4 is 5.73 Å². The number of rotatable bonds is 5. The summed E-state index contributed by atoms with van der Waals surface area (Å²) in [6.45, 7) is 6.25. The molecule has 0 bridgehead atoms. The van der Waals surface area contributed by atoms with Crippen molar-refractivity contribution >= 4 is 40.2 Å². The first-order valence-corrected chi connectivity index (χ1v) is 10.8. The Morgan fingerprint density at radius 1 is 1.25 bits per heavy atom. The number of nitrogens with one attached hydrogen (secondary N) is 1. The highest BCUT2D eigenvalue weighted by molar-refractivity contribution is 7.99. The summed E-state index contributed by atoms with van der Waals surface area (Å²) >= 11 is 7.68. The molecule has 0 radical (unpaired) electrons. The van der Waals surface area contributed by atoms with Gasteiger partial charge in [0.2, 0.25) is 0 Å². The molecule has 2 atom stereocenters. The third-order valence-electron chi connectivity index (χ3n) is 4.73. The smallest absolute Gasteiger partial charge is 0.151 e. The van der Waals surface area contributed by atoms with Crippen LogP contribution in [0.15, 0.2) is 41.7 Å². The average Bonchev–Trinajstić information content (AvgIpc) is 3.27. The number of anilines is 1. The van der Waals surface area contributed by atoms with E-state index in [1.807, 2.05) is 44.3 Å². The molecule has 150 valence electrons.